The number of rotatable bonds is 0. The predicted molar refractivity (Wildman–Crippen MR) is 370 cm³/mol. The Morgan fingerprint density at radius 3 is 1.38 bits per heavy atom. The van der Waals surface area contributed by atoms with Crippen LogP contribution in [-0.2, 0) is 32.1 Å². The van der Waals surface area contributed by atoms with E-state index in [1.807, 2.05) is 79.0 Å². The van der Waals surface area contributed by atoms with E-state index in [1.54, 1.807) is 0 Å². The Bertz CT molecular complexity index is 3150. The summed E-state index contributed by atoms with van der Waals surface area (Å²) in [4.78, 5) is 14.0. The molecule has 5 heterocycles. The van der Waals surface area contributed by atoms with Gasteiger partial charge in [-0.15, -0.1) is 11.8 Å². The highest BCUT2D eigenvalue weighted by Gasteiger charge is 2.20. The van der Waals surface area contributed by atoms with Crippen molar-refractivity contribution in [3.8, 4) is 5.75 Å². The molecule has 0 unspecified atom stereocenters. The van der Waals surface area contributed by atoms with Gasteiger partial charge >= 0.3 is 0 Å². The topological polar surface area (TPSA) is 47.9 Å². The molecule has 0 spiro atoms. The number of nitrogens with zero attached hydrogens (tertiary/aromatic N) is 3. The van der Waals surface area contributed by atoms with Crippen LogP contribution in [0.1, 0.15) is 107 Å². The molecule has 14 rings (SSSR count). The lowest BCUT2D eigenvalue weighted by atomic mass is 9.85. The second kappa shape index (κ2) is 29.9. The zero-order chi connectivity index (χ0) is 59.9. The van der Waals surface area contributed by atoms with Gasteiger partial charge in [-0.3, -0.25) is 15.0 Å². The van der Waals surface area contributed by atoms with Crippen LogP contribution in [0.15, 0.2) is 288 Å². The number of pyridine rings is 3. The van der Waals surface area contributed by atoms with E-state index in [9.17, 15) is 0 Å². The fourth-order valence-corrected chi connectivity index (χ4v) is 11.5. The maximum absolute atomic E-state index is 5.45. The molecule has 0 saturated carbocycles. The number of aryl methyl sites for hydroxylation is 5. The van der Waals surface area contributed by atoms with E-state index in [0.717, 1.165) is 160 Å². The Balaban J connectivity index is 0.000000142. The van der Waals surface area contributed by atoms with E-state index in [4.69, 9.17) is 4.74 Å². The number of hydrogen-bond donors (Lipinski definition) is 0. The fourth-order valence-electron chi connectivity index (χ4n) is 10.5. The fraction of sp³-hybridized carbons (Fsp3) is 0.163. The molecule has 4 nitrogen and oxygen atoms in total. The van der Waals surface area contributed by atoms with Gasteiger partial charge in [-0.05, 0) is 212 Å². The minimum atomic E-state index is 0. The number of thioether (sulfide) groups is 1. The van der Waals surface area contributed by atoms with Crippen LogP contribution in [0.5, 0.6) is 5.75 Å². The molecule has 7 aliphatic rings. The van der Waals surface area contributed by atoms with E-state index < -0.39 is 0 Å². The molecular weight excluding hydrogens is 1050 g/mol. The van der Waals surface area contributed by atoms with Crippen molar-refractivity contribution < 1.29 is 4.74 Å². The Morgan fingerprint density at radius 2 is 0.753 bits per heavy atom. The summed E-state index contributed by atoms with van der Waals surface area (Å²) in [6.45, 7) is 56.3. The van der Waals surface area contributed by atoms with Crippen LogP contribution < -0.4 is 4.74 Å². The van der Waals surface area contributed by atoms with Gasteiger partial charge in [0.1, 0.15) is 12.4 Å². The molecule has 3 aromatic heterocycles. The lowest BCUT2D eigenvalue weighted by Crippen LogP contribution is -2.09. The minimum absolute atomic E-state index is 0. The Labute approximate surface area is 512 Å². The highest BCUT2D eigenvalue weighted by Crippen LogP contribution is 2.39. The second-order valence-electron chi connectivity index (χ2n) is 21.5. The first-order chi connectivity index (χ1) is 40.5. The molecule has 5 aliphatic carbocycles. The summed E-state index contributed by atoms with van der Waals surface area (Å²) in [5.74, 6) is 1.89. The van der Waals surface area contributed by atoms with Crippen molar-refractivity contribution in [2.75, 3.05) is 12.4 Å². The average molecular weight is 1130 g/mol. The number of aromatic nitrogens is 3. The third kappa shape index (κ3) is 15.7. The van der Waals surface area contributed by atoms with Crippen LogP contribution in [0, 0.1) is 0 Å². The first-order valence-electron chi connectivity index (χ1n) is 28.5. The molecule has 4 aromatic carbocycles. The molecule has 7 aromatic rings. The van der Waals surface area contributed by atoms with Crippen molar-refractivity contribution in [3.63, 3.8) is 0 Å². The van der Waals surface area contributed by atoms with Crippen LogP contribution in [-0.4, -0.2) is 27.3 Å². The highest BCUT2D eigenvalue weighted by molar-refractivity contribution is 7.99. The first kappa shape index (κ1) is 63.4. The number of benzene rings is 4. The van der Waals surface area contributed by atoms with Crippen molar-refractivity contribution in [1.82, 2.24) is 15.0 Å². The van der Waals surface area contributed by atoms with Gasteiger partial charge in [-0.2, -0.15) is 0 Å². The third-order valence-corrected chi connectivity index (χ3v) is 17.1. The smallest absolute Gasteiger partial charge is 0.127 e. The lowest BCUT2D eigenvalue weighted by molar-refractivity contribution is 0.349. The summed E-state index contributed by atoms with van der Waals surface area (Å²) in [7, 11) is 0. The highest BCUT2D eigenvalue weighted by atomic mass is 32.2. The quantitative estimate of drug-likeness (QED) is 0.151. The number of ether oxygens (including phenoxy) is 1. The third-order valence-electron chi connectivity index (χ3n) is 16.0. The van der Waals surface area contributed by atoms with Gasteiger partial charge < -0.3 is 4.74 Å². The largest absolute Gasteiger partial charge is 0.488 e. The van der Waals surface area contributed by atoms with Gasteiger partial charge in [0.05, 0.1) is 5.69 Å². The summed E-state index contributed by atoms with van der Waals surface area (Å²) in [6, 6.07) is 43.3. The van der Waals surface area contributed by atoms with Crippen LogP contribution in [0.2, 0.25) is 0 Å². The van der Waals surface area contributed by atoms with Gasteiger partial charge in [-0.1, -0.05) is 197 Å². The number of para-hydroxylation sites is 1. The molecule has 85 heavy (non-hydrogen) atoms. The minimum Gasteiger partial charge on any atom is -0.488 e. The Kier molecular flexibility index (Phi) is 22.3. The summed E-state index contributed by atoms with van der Waals surface area (Å²) in [5, 5.41) is 0. The molecule has 428 valence electrons. The Hall–Kier alpha value is -9.16. The van der Waals surface area contributed by atoms with Gasteiger partial charge in [0, 0.05) is 57.8 Å². The zero-order valence-corrected chi connectivity index (χ0v) is 49.8. The molecule has 0 radical (unpaired) electrons. The van der Waals surface area contributed by atoms with E-state index in [-0.39, 0.29) is 7.43 Å². The van der Waals surface area contributed by atoms with Gasteiger partial charge in [0.15, 0.2) is 0 Å². The van der Waals surface area contributed by atoms with Crippen molar-refractivity contribution in [3.05, 3.63) is 350 Å². The van der Waals surface area contributed by atoms with Gasteiger partial charge in [0.2, 0.25) is 0 Å². The van der Waals surface area contributed by atoms with E-state index in [2.05, 4.69) is 192 Å². The van der Waals surface area contributed by atoms with Crippen molar-refractivity contribution in [2.45, 2.75) is 76.5 Å². The van der Waals surface area contributed by atoms with Crippen LogP contribution in [0.25, 0.3) is 39.0 Å². The molecule has 0 amide bonds. The number of hydrogen-bond acceptors (Lipinski definition) is 5. The second-order valence-corrected chi connectivity index (χ2v) is 22.5. The summed E-state index contributed by atoms with van der Waals surface area (Å²) in [5.41, 5.74) is 30.3. The SMILES string of the molecule is C.C=C1CCc2ccccc2C1=C.C=C1CCc2ccccc2C1=C.C=C1CCc2cccnc2C1=C.C=C1CCc2ccncc2C1=C.C=C1CCc2ncccc2C1=C.C=C1COc2ccccc2C1=C.C=C1CSc2ccccc2C1=C. The molecule has 2 aliphatic heterocycles. The van der Waals surface area contributed by atoms with Crippen molar-refractivity contribution in [2.24, 2.45) is 0 Å². The van der Waals surface area contributed by atoms with E-state index >= 15 is 0 Å². The molecular formula is C80H81N3OS. The zero-order valence-electron chi connectivity index (χ0n) is 49.0. The Morgan fingerprint density at radius 1 is 0.329 bits per heavy atom. The van der Waals surface area contributed by atoms with Crippen molar-refractivity contribution >= 4 is 50.8 Å². The molecule has 0 fully saturated rings. The van der Waals surface area contributed by atoms with Gasteiger partial charge in [0.25, 0.3) is 0 Å². The molecule has 0 N–H and O–H groups in total. The summed E-state index contributed by atoms with van der Waals surface area (Å²) in [6.07, 6.45) is 17.9. The van der Waals surface area contributed by atoms with Crippen LogP contribution in [0.4, 0.5) is 0 Å². The molecule has 5 heteroatoms. The van der Waals surface area contributed by atoms with Crippen LogP contribution in [0.3, 0.4) is 0 Å². The maximum Gasteiger partial charge on any atom is 0.127 e. The number of allylic oxidation sites excluding steroid dienone is 11. The normalized spacial score (nSPS) is 15.7. The molecule has 0 atom stereocenters. The molecule has 0 bridgehead atoms. The summed E-state index contributed by atoms with van der Waals surface area (Å²) >= 11 is 1.84. The monoisotopic (exact) mass is 1130 g/mol. The number of fused-ring (bicyclic) bond motifs is 7. The molecule has 0 saturated heterocycles. The lowest BCUT2D eigenvalue weighted by Gasteiger charge is -2.20. The maximum atomic E-state index is 5.45. The van der Waals surface area contributed by atoms with Crippen LogP contribution >= 0.6 is 11.8 Å². The van der Waals surface area contributed by atoms with E-state index in [1.165, 1.54) is 66.1 Å². The van der Waals surface area contributed by atoms with Crippen molar-refractivity contribution in [1.29, 1.82) is 0 Å². The first-order valence-corrected chi connectivity index (χ1v) is 29.5. The predicted octanol–water partition coefficient (Wildman–Crippen LogP) is 20.8. The summed E-state index contributed by atoms with van der Waals surface area (Å²) < 4.78 is 5.45. The average Bonchev–Trinajstić information content (AvgIpc) is 3.74. The standard InChI is InChI=1S/2C12H12.3C11H11N.C11H10O.C11H10S.CH4/c2*1-9-7-8-11-5-3-4-6-12(11)10(9)2;1-8-3-4-10-5-6-12-7-11(10)9(8)2;1-8-5-6-11-10(9(8)2)4-3-7-12-11;1-8-5-6-10-4-3-7-12-11(10)9(8)2;2*1-8-7-12-11-6-4-3-5-10(11)9(8)2;/h2*3-6H,1-2,7-8H2;5-7H,1-4H2;2*3-4,7H,1-2,5-6H2;2*3-6H,1-2,7H2;1H4. The van der Waals surface area contributed by atoms with Gasteiger partial charge in [-0.25, -0.2) is 0 Å². The van der Waals surface area contributed by atoms with E-state index in [0.29, 0.717) is 6.61 Å².